The van der Waals surface area contributed by atoms with Gasteiger partial charge in [-0.3, -0.25) is 0 Å². The number of hydrogen-bond acceptors (Lipinski definition) is 3. The van der Waals surface area contributed by atoms with Crippen molar-refractivity contribution < 1.29 is 9.53 Å². The summed E-state index contributed by atoms with van der Waals surface area (Å²) in [6, 6.07) is 0.447. The van der Waals surface area contributed by atoms with Crippen molar-refractivity contribution in [2.24, 2.45) is 0 Å². The molecule has 0 heterocycles. The molecule has 0 aliphatic heterocycles. The molecule has 0 aromatic heterocycles. The number of carbonyl (C=O) groups excluding carboxylic acids is 1. The van der Waals surface area contributed by atoms with Crippen molar-refractivity contribution in [2.45, 2.75) is 46.1 Å². The Morgan fingerprint density at radius 2 is 2.13 bits per heavy atom. The van der Waals surface area contributed by atoms with E-state index in [1.54, 1.807) is 6.92 Å². The Kier molecular flexibility index (Phi) is 8.01. The van der Waals surface area contributed by atoms with Crippen molar-refractivity contribution >= 4 is 5.97 Å². The molecule has 0 spiro atoms. The molecule has 1 atom stereocenters. The van der Waals surface area contributed by atoms with Crippen molar-refractivity contribution in [1.82, 2.24) is 5.32 Å². The zero-order valence-corrected chi connectivity index (χ0v) is 10.1. The van der Waals surface area contributed by atoms with Crippen LogP contribution in [0.4, 0.5) is 0 Å². The molecule has 0 aromatic carbocycles. The summed E-state index contributed by atoms with van der Waals surface area (Å²) in [5, 5.41) is 3.41. The zero-order valence-electron chi connectivity index (χ0n) is 10.1. The third kappa shape index (κ3) is 7.14. The molecule has 0 saturated carbocycles. The lowest BCUT2D eigenvalue weighted by Crippen LogP contribution is -2.30. The van der Waals surface area contributed by atoms with E-state index in [1.807, 2.05) is 0 Å². The topological polar surface area (TPSA) is 38.3 Å². The fraction of sp³-hybridized carbons (Fsp3) is 0.750. The highest BCUT2D eigenvalue weighted by Gasteiger charge is 2.07. The Morgan fingerprint density at radius 1 is 1.47 bits per heavy atom. The van der Waals surface area contributed by atoms with Crippen molar-refractivity contribution in [3.05, 3.63) is 12.2 Å². The van der Waals surface area contributed by atoms with Crippen LogP contribution in [0.2, 0.25) is 0 Å². The molecular weight excluding hydrogens is 190 g/mol. The second-order valence-corrected chi connectivity index (χ2v) is 3.76. The van der Waals surface area contributed by atoms with E-state index in [-0.39, 0.29) is 5.97 Å². The highest BCUT2D eigenvalue weighted by Crippen LogP contribution is 2.00. The monoisotopic (exact) mass is 213 g/mol. The van der Waals surface area contributed by atoms with Gasteiger partial charge in [0.25, 0.3) is 0 Å². The van der Waals surface area contributed by atoms with E-state index in [0.29, 0.717) is 18.2 Å². The van der Waals surface area contributed by atoms with E-state index in [2.05, 4.69) is 25.7 Å². The highest BCUT2D eigenvalue weighted by molar-refractivity contribution is 5.86. The lowest BCUT2D eigenvalue weighted by molar-refractivity contribution is -0.139. The van der Waals surface area contributed by atoms with Crippen LogP contribution in [0.5, 0.6) is 0 Å². The largest absolute Gasteiger partial charge is 0.462 e. The third-order valence-corrected chi connectivity index (χ3v) is 2.22. The van der Waals surface area contributed by atoms with Gasteiger partial charge in [0.2, 0.25) is 0 Å². The summed E-state index contributed by atoms with van der Waals surface area (Å²) >= 11 is 0. The molecule has 0 bridgehead atoms. The lowest BCUT2D eigenvalue weighted by atomic mass is 10.1. The minimum Gasteiger partial charge on any atom is -0.462 e. The van der Waals surface area contributed by atoms with Crippen LogP contribution in [0.15, 0.2) is 12.2 Å². The van der Waals surface area contributed by atoms with E-state index in [9.17, 15) is 4.79 Å². The van der Waals surface area contributed by atoms with Gasteiger partial charge in [0.05, 0.1) is 6.61 Å². The van der Waals surface area contributed by atoms with Crippen LogP contribution in [0, 0.1) is 0 Å². The minimum absolute atomic E-state index is 0.291. The van der Waals surface area contributed by atoms with Crippen LogP contribution < -0.4 is 5.32 Å². The van der Waals surface area contributed by atoms with Crippen LogP contribution in [0.3, 0.4) is 0 Å². The zero-order chi connectivity index (χ0) is 11.7. The standard InChI is InChI=1S/C12H23NO2/c1-5-8-13-11(6-2)7-9-15-12(14)10(3)4/h11,13H,3,5-9H2,1-2,4H3. The van der Waals surface area contributed by atoms with Gasteiger partial charge < -0.3 is 10.1 Å². The normalized spacial score (nSPS) is 12.2. The predicted octanol–water partition coefficient (Wildman–Crippen LogP) is 2.27. The van der Waals surface area contributed by atoms with Crippen LogP contribution in [0.25, 0.3) is 0 Å². The molecule has 88 valence electrons. The maximum Gasteiger partial charge on any atom is 0.333 e. The van der Waals surface area contributed by atoms with Gasteiger partial charge in [0.15, 0.2) is 0 Å². The molecule has 0 radical (unpaired) electrons. The first-order chi connectivity index (χ1) is 7.11. The summed E-state index contributed by atoms with van der Waals surface area (Å²) in [6.45, 7) is 11.0. The highest BCUT2D eigenvalue weighted by atomic mass is 16.5. The van der Waals surface area contributed by atoms with Crippen molar-refractivity contribution in [3.8, 4) is 0 Å². The van der Waals surface area contributed by atoms with Gasteiger partial charge in [-0.15, -0.1) is 0 Å². The van der Waals surface area contributed by atoms with Gasteiger partial charge in [0, 0.05) is 11.6 Å². The van der Waals surface area contributed by atoms with E-state index >= 15 is 0 Å². The number of esters is 1. The summed E-state index contributed by atoms with van der Waals surface area (Å²) < 4.78 is 5.04. The molecule has 0 aliphatic rings. The average Bonchev–Trinajstić information content (AvgIpc) is 2.22. The van der Waals surface area contributed by atoms with Crippen LogP contribution in [-0.2, 0) is 9.53 Å². The Bertz CT molecular complexity index is 202. The fourth-order valence-corrected chi connectivity index (χ4v) is 1.22. The molecule has 15 heavy (non-hydrogen) atoms. The number of rotatable bonds is 8. The maximum absolute atomic E-state index is 11.1. The lowest BCUT2D eigenvalue weighted by Gasteiger charge is -2.16. The predicted molar refractivity (Wildman–Crippen MR) is 62.8 cm³/mol. The Balaban J connectivity index is 3.62. The summed E-state index contributed by atoms with van der Waals surface area (Å²) in [7, 11) is 0. The van der Waals surface area contributed by atoms with Crippen molar-refractivity contribution in [3.63, 3.8) is 0 Å². The number of nitrogens with one attached hydrogen (secondary N) is 1. The molecular formula is C12H23NO2. The van der Waals surface area contributed by atoms with Gasteiger partial charge in [0.1, 0.15) is 0 Å². The van der Waals surface area contributed by atoms with Gasteiger partial charge >= 0.3 is 5.97 Å². The second-order valence-electron chi connectivity index (χ2n) is 3.76. The third-order valence-electron chi connectivity index (χ3n) is 2.22. The van der Waals surface area contributed by atoms with E-state index < -0.39 is 0 Å². The number of carbonyl (C=O) groups is 1. The number of ether oxygens (including phenoxy) is 1. The summed E-state index contributed by atoms with van der Waals surface area (Å²) in [6.07, 6.45) is 3.06. The first kappa shape index (κ1) is 14.2. The van der Waals surface area contributed by atoms with Gasteiger partial charge in [-0.1, -0.05) is 20.4 Å². The minimum atomic E-state index is -0.291. The summed E-state index contributed by atoms with van der Waals surface area (Å²) in [5.41, 5.74) is 0.463. The molecule has 3 heteroatoms. The van der Waals surface area contributed by atoms with Crippen LogP contribution in [-0.4, -0.2) is 25.2 Å². The van der Waals surface area contributed by atoms with Crippen molar-refractivity contribution in [2.75, 3.05) is 13.2 Å². The smallest absolute Gasteiger partial charge is 0.333 e. The van der Waals surface area contributed by atoms with E-state index in [4.69, 9.17) is 4.74 Å². The molecule has 0 fully saturated rings. The summed E-state index contributed by atoms with van der Waals surface area (Å²) in [4.78, 5) is 11.1. The fourth-order valence-electron chi connectivity index (χ4n) is 1.22. The average molecular weight is 213 g/mol. The quantitative estimate of drug-likeness (QED) is 0.496. The van der Waals surface area contributed by atoms with E-state index in [0.717, 1.165) is 25.8 Å². The van der Waals surface area contributed by atoms with Crippen LogP contribution in [0.1, 0.15) is 40.0 Å². The molecule has 0 amide bonds. The Labute approximate surface area is 92.9 Å². The molecule has 0 saturated heterocycles. The molecule has 3 nitrogen and oxygen atoms in total. The molecule has 0 rings (SSSR count). The van der Waals surface area contributed by atoms with Crippen LogP contribution >= 0.6 is 0 Å². The summed E-state index contributed by atoms with van der Waals surface area (Å²) in [5.74, 6) is -0.291. The van der Waals surface area contributed by atoms with E-state index in [1.165, 1.54) is 0 Å². The Hall–Kier alpha value is -0.830. The maximum atomic E-state index is 11.1. The van der Waals surface area contributed by atoms with Gasteiger partial charge in [-0.2, -0.15) is 0 Å². The van der Waals surface area contributed by atoms with Gasteiger partial charge in [-0.25, -0.2) is 4.79 Å². The molecule has 0 aromatic rings. The molecule has 1 N–H and O–H groups in total. The van der Waals surface area contributed by atoms with Crippen molar-refractivity contribution in [1.29, 1.82) is 0 Å². The number of hydrogen-bond donors (Lipinski definition) is 1. The first-order valence-electron chi connectivity index (χ1n) is 5.67. The second kappa shape index (κ2) is 8.48. The SMILES string of the molecule is C=C(C)C(=O)OCCC(CC)NCCC. The Morgan fingerprint density at radius 3 is 2.60 bits per heavy atom. The van der Waals surface area contributed by atoms with Gasteiger partial charge in [-0.05, 0) is 32.7 Å². The first-order valence-corrected chi connectivity index (χ1v) is 5.67. The molecule has 0 aliphatic carbocycles. The molecule has 1 unspecified atom stereocenters.